The lowest BCUT2D eigenvalue weighted by Crippen LogP contribution is -2.27. The Bertz CT molecular complexity index is 1120. The number of halogens is 2. The minimum absolute atomic E-state index is 0.0318. The van der Waals surface area contributed by atoms with Crippen molar-refractivity contribution in [3.8, 4) is 11.8 Å². The number of rotatable bonds is 7. The summed E-state index contributed by atoms with van der Waals surface area (Å²) in [6.45, 7) is 2.18. The van der Waals surface area contributed by atoms with Crippen LogP contribution < -0.4 is 10.1 Å². The van der Waals surface area contributed by atoms with E-state index in [0.717, 1.165) is 16.7 Å². The molecule has 0 aliphatic carbocycles. The Labute approximate surface area is 191 Å². The molecular formula is C25H20Cl2N2O2. The van der Waals surface area contributed by atoms with Gasteiger partial charge in [0.1, 0.15) is 24.0 Å². The van der Waals surface area contributed by atoms with Crippen molar-refractivity contribution in [1.29, 1.82) is 5.26 Å². The van der Waals surface area contributed by atoms with E-state index in [9.17, 15) is 10.1 Å². The third-order valence-corrected chi connectivity index (χ3v) is 5.20. The van der Waals surface area contributed by atoms with Gasteiger partial charge in [0.15, 0.2) is 0 Å². The van der Waals surface area contributed by atoms with E-state index in [1.54, 1.807) is 42.5 Å². The predicted octanol–water partition coefficient (Wildman–Crippen LogP) is 6.36. The van der Waals surface area contributed by atoms with Crippen molar-refractivity contribution in [3.05, 3.63) is 105 Å². The second-order valence-electron chi connectivity index (χ2n) is 6.87. The van der Waals surface area contributed by atoms with Crippen LogP contribution in [0.5, 0.6) is 5.75 Å². The lowest BCUT2D eigenvalue weighted by atomic mass is 10.1. The van der Waals surface area contributed by atoms with Gasteiger partial charge in [-0.1, -0.05) is 71.7 Å². The molecule has 1 amide bonds. The molecule has 0 aromatic heterocycles. The summed E-state index contributed by atoms with van der Waals surface area (Å²) in [7, 11) is 0. The fourth-order valence-electron chi connectivity index (χ4n) is 2.87. The zero-order valence-electron chi connectivity index (χ0n) is 16.8. The molecule has 0 aliphatic heterocycles. The molecule has 3 aromatic carbocycles. The summed E-state index contributed by atoms with van der Waals surface area (Å²) in [5.41, 5.74) is 2.54. The van der Waals surface area contributed by atoms with E-state index in [-0.39, 0.29) is 11.6 Å². The van der Waals surface area contributed by atoms with Gasteiger partial charge in [-0.05, 0) is 48.4 Å². The molecule has 156 valence electrons. The monoisotopic (exact) mass is 450 g/mol. The van der Waals surface area contributed by atoms with Crippen molar-refractivity contribution in [3.63, 3.8) is 0 Å². The zero-order valence-corrected chi connectivity index (χ0v) is 18.3. The third kappa shape index (κ3) is 6.36. The minimum Gasteiger partial charge on any atom is -0.489 e. The molecule has 0 heterocycles. The van der Waals surface area contributed by atoms with Crippen LogP contribution >= 0.6 is 23.2 Å². The molecule has 1 N–H and O–H groups in total. The number of hydrogen-bond donors (Lipinski definition) is 1. The smallest absolute Gasteiger partial charge is 0.262 e. The van der Waals surface area contributed by atoms with E-state index >= 15 is 0 Å². The van der Waals surface area contributed by atoms with Crippen LogP contribution in [0.4, 0.5) is 0 Å². The highest BCUT2D eigenvalue weighted by Crippen LogP contribution is 2.23. The van der Waals surface area contributed by atoms with Crippen LogP contribution in [0, 0.1) is 11.3 Å². The first-order valence-corrected chi connectivity index (χ1v) is 10.4. The molecular weight excluding hydrogens is 431 g/mol. The van der Waals surface area contributed by atoms with Crippen LogP contribution in [-0.2, 0) is 11.4 Å². The molecule has 1 atom stereocenters. The Morgan fingerprint density at radius 3 is 2.45 bits per heavy atom. The number of hydrogen-bond acceptors (Lipinski definition) is 3. The van der Waals surface area contributed by atoms with E-state index < -0.39 is 5.91 Å². The molecule has 0 spiro atoms. The molecule has 6 heteroatoms. The van der Waals surface area contributed by atoms with Gasteiger partial charge in [0.05, 0.1) is 6.04 Å². The molecule has 0 saturated heterocycles. The fourth-order valence-corrected chi connectivity index (χ4v) is 3.34. The molecule has 31 heavy (non-hydrogen) atoms. The van der Waals surface area contributed by atoms with Gasteiger partial charge >= 0.3 is 0 Å². The van der Waals surface area contributed by atoms with E-state index in [1.807, 2.05) is 49.4 Å². The number of nitriles is 1. The van der Waals surface area contributed by atoms with Gasteiger partial charge < -0.3 is 10.1 Å². The maximum atomic E-state index is 12.5. The molecule has 3 aromatic rings. The summed E-state index contributed by atoms with van der Waals surface area (Å²) < 4.78 is 5.76. The van der Waals surface area contributed by atoms with Crippen molar-refractivity contribution in [2.45, 2.75) is 19.6 Å². The maximum Gasteiger partial charge on any atom is 0.262 e. The number of carbonyl (C=O) groups excluding carboxylic acids is 1. The first-order chi connectivity index (χ1) is 15.0. The van der Waals surface area contributed by atoms with Crippen LogP contribution in [0.25, 0.3) is 6.08 Å². The number of nitrogens with zero attached hydrogens (tertiary/aromatic N) is 1. The van der Waals surface area contributed by atoms with Crippen LogP contribution in [0.15, 0.2) is 78.4 Å². The molecule has 0 radical (unpaired) electrons. The maximum absolute atomic E-state index is 12.5. The summed E-state index contributed by atoms with van der Waals surface area (Å²) in [5.74, 6) is 0.223. The fraction of sp³-hybridized carbons (Fsp3) is 0.120. The van der Waals surface area contributed by atoms with Gasteiger partial charge in [-0.25, -0.2) is 0 Å². The van der Waals surface area contributed by atoms with Crippen molar-refractivity contribution < 1.29 is 9.53 Å². The van der Waals surface area contributed by atoms with E-state index in [2.05, 4.69) is 5.32 Å². The summed E-state index contributed by atoms with van der Waals surface area (Å²) in [4.78, 5) is 12.5. The summed E-state index contributed by atoms with van der Waals surface area (Å²) in [5, 5.41) is 13.4. The van der Waals surface area contributed by atoms with Crippen molar-refractivity contribution in [1.82, 2.24) is 5.32 Å². The lowest BCUT2D eigenvalue weighted by molar-refractivity contribution is -0.117. The molecule has 0 aliphatic rings. The number of benzene rings is 3. The van der Waals surface area contributed by atoms with E-state index in [1.165, 1.54) is 0 Å². The van der Waals surface area contributed by atoms with Gasteiger partial charge in [-0.2, -0.15) is 5.26 Å². The Hall–Kier alpha value is -3.26. The quantitative estimate of drug-likeness (QED) is 0.336. The molecule has 0 fully saturated rings. The minimum atomic E-state index is -0.420. The van der Waals surface area contributed by atoms with Crippen molar-refractivity contribution in [2.24, 2.45) is 0 Å². The van der Waals surface area contributed by atoms with Crippen molar-refractivity contribution in [2.75, 3.05) is 0 Å². The second-order valence-corrected chi connectivity index (χ2v) is 7.71. The second kappa shape index (κ2) is 10.7. The SMILES string of the molecule is C[C@H](NC(=O)/C(C#N)=C\c1ccc(OCc2ccc(Cl)cc2Cl)cc1)c1ccccc1. The Morgan fingerprint density at radius 2 is 1.81 bits per heavy atom. The van der Waals surface area contributed by atoms with E-state index in [0.29, 0.717) is 22.4 Å². The standard InChI is InChI=1S/C25H20Cl2N2O2/c1-17(19-5-3-2-4-6-19)29-25(30)21(15-28)13-18-7-11-23(12-8-18)31-16-20-9-10-22(26)14-24(20)27/h2-14,17H,16H2,1H3,(H,29,30)/b21-13-/t17-/m0/s1. The Balaban J connectivity index is 1.63. The first kappa shape index (κ1) is 22.4. The molecule has 0 unspecified atom stereocenters. The van der Waals surface area contributed by atoms with Gasteiger partial charge in [0.2, 0.25) is 0 Å². The largest absolute Gasteiger partial charge is 0.489 e. The molecule has 0 saturated carbocycles. The average molecular weight is 451 g/mol. The van der Waals surface area contributed by atoms with Crippen LogP contribution in [0.3, 0.4) is 0 Å². The summed E-state index contributed by atoms with van der Waals surface area (Å²) in [6, 6.07) is 23.7. The van der Waals surface area contributed by atoms with Gasteiger partial charge in [-0.15, -0.1) is 0 Å². The van der Waals surface area contributed by atoms with Crippen LogP contribution in [-0.4, -0.2) is 5.91 Å². The van der Waals surface area contributed by atoms with Gasteiger partial charge in [0.25, 0.3) is 5.91 Å². The summed E-state index contributed by atoms with van der Waals surface area (Å²) >= 11 is 12.1. The van der Waals surface area contributed by atoms with Gasteiger partial charge in [-0.3, -0.25) is 4.79 Å². The Morgan fingerprint density at radius 1 is 1.10 bits per heavy atom. The summed E-state index contributed by atoms with van der Waals surface area (Å²) in [6.07, 6.45) is 1.55. The van der Waals surface area contributed by atoms with Crippen molar-refractivity contribution >= 4 is 35.2 Å². The highest BCUT2D eigenvalue weighted by molar-refractivity contribution is 6.35. The number of nitrogens with one attached hydrogen (secondary N) is 1. The normalized spacial score (nSPS) is 12.0. The van der Waals surface area contributed by atoms with Crippen LogP contribution in [0.2, 0.25) is 10.0 Å². The molecule has 4 nitrogen and oxygen atoms in total. The number of carbonyl (C=O) groups is 1. The average Bonchev–Trinajstić information content (AvgIpc) is 2.78. The predicted molar refractivity (Wildman–Crippen MR) is 124 cm³/mol. The number of amides is 1. The molecule has 3 rings (SSSR count). The first-order valence-electron chi connectivity index (χ1n) is 9.60. The van der Waals surface area contributed by atoms with E-state index in [4.69, 9.17) is 27.9 Å². The highest BCUT2D eigenvalue weighted by atomic mass is 35.5. The third-order valence-electron chi connectivity index (χ3n) is 4.61. The zero-order chi connectivity index (χ0) is 22.2. The van der Waals surface area contributed by atoms with Crippen LogP contribution in [0.1, 0.15) is 29.7 Å². The van der Waals surface area contributed by atoms with Gasteiger partial charge in [0, 0.05) is 15.6 Å². The highest BCUT2D eigenvalue weighted by Gasteiger charge is 2.13. The topological polar surface area (TPSA) is 62.1 Å². The molecule has 0 bridgehead atoms. The number of ether oxygens (including phenoxy) is 1. The Kier molecular flexibility index (Phi) is 7.72. The lowest BCUT2D eigenvalue weighted by Gasteiger charge is -2.13.